The fraction of sp³-hybridized carbons (Fsp3) is 0.417. The van der Waals surface area contributed by atoms with Gasteiger partial charge in [0.05, 0.1) is 16.1 Å². The number of carboxylic acid groups (broad SMARTS) is 1. The summed E-state index contributed by atoms with van der Waals surface area (Å²) in [6, 6.07) is 8.04. The fourth-order valence-electron chi connectivity index (χ4n) is 4.16. The van der Waals surface area contributed by atoms with Gasteiger partial charge in [0.15, 0.2) is 0 Å². The predicted octanol–water partition coefficient (Wildman–Crippen LogP) is 4.00. The highest BCUT2D eigenvalue weighted by Gasteiger charge is 2.25. The van der Waals surface area contributed by atoms with Crippen LogP contribution in [0.4, 0.5) is 10.7 Å². The molecule has 1 saturated heterocycles. The maximum absolute atomic E-state index is 12.7. The minimum Gasteiger partial charge on any atom is -0.465 e. The summed E-state index contributed by atoms with van der Waals surface area (Å²) < 4.78 is 1.01. The molecule has 1 saturated carbocycles. The van der Waals surface area contributed by atoms with Crippen molar-refractivity contribution in [1.29, 1.82) is 0 Å². The van der Waals surface area contributed by atoms with E-state index in [1.165, 1.54) is 4.90 Å². The number of nitrogens with one attached hydrogen (secondary N) is 2. The van der Waals surface area contributed by atoms with Crippen molar-refractivity contribution in [2.75, 3.05) is 44.6 Å². The Labute approximate surface area is 212 Å². The summed E-state index contributed by atoms with van der Waals surface area (Å²) in [6.45, 7) is 4.17. The number of piperazine rings is 1. The number of carbonyl (C=O) groups is 2. The van der Waals surface area contributed by atoms with Gasteiger partial charge in [-0.15, -0.1) is 11.3 Å². The van der Waals surface area contributed by atoms with Crippen molar-refractivity contribution in [1.82, 2.24) is 25.1 Å². The number of hydrogen-bond donors (Lipinski definition) is 3. The van der Waals surface area contributed by atoms with Crippen molar-refractivity contribution in [2.45, 2.75) is 25.3 Å². The Morgan fingerprint density at radius 2 is 2.00 bits per heavy atom. The van der Waals surface area contributed by atoms with Crippen LogP contribution in [0.5, 0.6) is 0 Å². The maximum atomic E-state index is 12.7. The van der Waals surface area contributed by atoms with E-state index in [2.05, 4.69) is 25.5 Å². The standard InChI is InChI=1S/C24H27ClN6O3S/c25-18-14-27-23(26-7-2-8-30-9-11-31(12-10-30)24(33)34)29-21(18)20-13-17-16(3-1-4-19(17)35-20)22(32)28-15-5-6-15/h1,3-4,13-15H,2,5-12H2,(H,28,32)(H,33,34)(H,26,27,29). The zero-order valence-corrected chi connectivity index (χ0v) is 20.7. The lowest BCUT2D eigenvalue weighted by Crippen LogP contribution is -2.48. The minimum atomic E-state index is -0.849. The minimum absolute atomic E-state index is 0.0389. The van der Waals surface area contributed by atoms with Gasteiger partial charge in [-0.3, -0.25) is 9.69 Å². The lowest BCUT2D eigenvalue weighted by molar-refractivity contribution is 0.0952. The molecule has 3 aromatic rings. The van der Waals surface area contributed by atoms with E-state index in [0.717, 1.165) is 53.9 Å². The van der Waals surface area contributed by atoms with Crippen molar-refractivity contribution >= 4 is 51.0 Å². The van der Waals surface area contributed by atoms with Crippen LogP contribution >= 0.6 is 22.9 Å². The van der Waals surface area contributed by atoms with E-state index in [9.17, 15) is 9.59 Å². The average molecular weight is 515 g/mol. The number of fused-ring (bicyclic) bond motifs is 1. The van der Waals surface area contributed by atoms with E-state index in [1.54, 1.807) is 17.5 Å². The molecule has 0 radical (unpaired) electrons. The zero-order valence-electron chi connectivity index (χ0n) is 19.2. The van der Waals surface area contributed by atoms with Crippen LogP contribution < -0.4 is 10.6 Å². The maximum Gasteiger partial charge on any atom is 0.407 e. The molecular formula is C24H27ClN6O3S. The Kier molecular flexibility index (Phi) is 7.03. The van der Waals surface area contributed by atoms with Crippen molar-refractivity contribution in [2.24, 2.45) is 0 Å². The monoisotopic (exact) mass is 514 g/mol. The van der Waals surface area contributed by atoms with E-state index >= 15 is 0 Å². The van der Waals surface area contributed by atoms with E-state index in [0.29, 0.717) is 47.9 Å². The number of thiophene rings is 1. The van der Waals surface area contributed by atoms with E-state index in [4.69, 9.17) is 16.7 Å². The number of aromatic nitrogens is 2. The highest BCUT2D eigenvalue weighted by molar-refractivity contribution is 7.22. The normalized spacial score (nSPS) is 16.4. The SMILES string of the molecule is O=C(NC1CC1)c1cccc2sc(-c3nc(NCCCN4CCN(C(=O)O)CC4)ncc3Cl)cc12. The van der Waals surface area contributed by atoms with Crippen molar-refractivity contribution in [3.8, 4) is 10.6 Å². The van der Waals surface area contributed by atoms with Crippen molar-refractivity contribution in [3.63, 3.8) is 0 Å². The highest BCUT2D eigenvalue weighted by atomic mass is 35.5. The van der Waals surface area contributed by atoms with Gasteiger partial charge in [0.25, 0.3) is 5.91 Å². The van der Waals surface area contributed by atoms with Crippen LogP contribution in [0.25, 0.3) is 20.7 Å². The molecule has 2 amide bonds. The van der Waals surface area contributed by atoms with Crippen LogP contribution in [-0.4, -0.2) is 82.2 Å². The molecule has 3 heterocycles. The second-order valence-corrected chi connectivity index (χ2v) is 10.3. The summed E-state index contributed by atoms with van der Waals surface area (Å²) in [4.78, 5) is 37.3. The molecule has 1 aliphatic carbocycles. The van der Waals surface area contributed by atoms with E-state index in [-0.39, 0.29) is 5.91 Å². The molecule has 0 unspecified atom stereocenters. The zero-order chi connectivity index (χ0) is 24.4. The third kappa shape index (κ3) is 5.66. The van der Waals surface area contributed by atoms with Crippen LogP contribution in [0.2, 0.25) is 5.02 Å². The van der Waals surface area contributed by atoms with Gasteiger partial charge in [-0.1, -0.05) is 17.7 Å². The number of halogens is 1. The highest BCUT2D eigenvalue weighted by Crippen LogP contribution is 2.37. The Balaban J connectivity index is 1.22. The molecule has 184 valence electrons. The van der Waals surface area contributed by atoms with E-state index < -0.39 is 6.09 Å². The molecule has 2 aromatic heterocycles. The molecule has 9 nitrogen and oxygen atoms in total. The summed E-state index contributed by atoms with van der Waals surface area (Å²) in [5, 5.41) is 16.8. The number of carbonyl (C=O) groups excluding carboxylic acids is 1. The first kappa shape index (κ1) is 23.8. The number of rotatable bonds is 8. The van der Waals surface area contributed by atoms with Crippen LogP contribution in [-0.2, 0) is 0 Å². The molecule has 1 aliphatic heterocycles. The molecule has 2 fully saturated rings. The van der Waals surface area contributed by atoms with Gasteiger partial charge in [-0.25, -0.2) is 14.8 Å². The molecule has 3 N–H and O–H groups in total. The molecule has 11 heteroatoms. The van der Waals surface area contributed by atoms with Gasteiger partial charge >= 0.3 is 6.09 Å². The summed E-state index contributed by atoms with van der Waals surface area (Å²) in [7, 11) is 0. The Morgan fingerprint density at radius 1 is 1.20 bits per heavy atom. The second kappa shape index (κ2) is 10.3. The number of nitrogens with zero attached hydrogens (tertiary/aromatic N) is 4. The molecule has 2 aliphatic rings. The predicted molar refractivity (Wildman–Crippen MR) is 137 cm³/mol. The molecule has 35 heavy (non-hydrogen) atoms. The Hall–Kier alpha value is -2.95. The molecule has 0 spiro atoms. The molecule has 1 aromatic carbocycles. The number of benzene rings is 1. The van der Waals surface area contributed by atoms with Crippen LogP contribution in [0.1, 0.15) is 29.6 Å². The first-order chi connectivity index (χ1) is 17.0. The third-order valence-electron chi connectivity index (χ3n) is 6.27. The van der Waals surface area contributed by atoms with Crippen molar-refractivity contribution in [3.05, 3.63) is 41.0 Å². The Bertz CT molecular complexity index is 1240. The molecule has 5 rings (SSSR count). The summed E-state index contributed by atoms with van der Waals surface area (Å²) in [6.07, 6.45) is 3.73. The number of amides is 2. The van der Waals surface area contributed by atoms with Gasteiger partial charge in [0, 0.05) is 54.4 Å². The summed E-state index contributed by atoms with van der Waals surface area (Å²) >= 11 is 8.01. The molecule has 0 bridgehead atoms. The molecule has 0 atom stereocenters. The lowest BCUT2D eigenvalue weighted by Gasteiger charge is -2.33. The van der Waals surface area contributed by atoms with Crippen LogP contribution in [0, 0.1) is 0 Å². The molecular weight excluding hydrogens is 488 g/mol. The quantitative estimate of drug-likeness (QED) is 0.389. The van der Waals surface area contributed by atoms with Gasteiger partial charge in [-0.05, 0) is 44.0 Å². The summed E-state index contributed by atoms with van der Waals surface area (Å²) in [5.41, 5.74) is 1.31. The summed E-state index contributed by atoms with van der Waals surface area (Å²) in [5.74, 6) is 0.465. The van der Waals surface area contributed by atoms with E-state index in [1.807, 2.05) is 24.3 Å². The first-order valence-corrected chi connectivity index (χ1v) is 13.0. The average Bonchev–Trinajstić information content (AvgIpc) is 3.56. The smallest absolute Gasteiger partial charge is 0.407 e. The number of hydrogen-bond acceptors (Lipinski definition) is 7. The lowest BCUT2D eigenvalue weighted by atomic mass is 10.1. The van der Waals surface area contributed by atoms with Crippen LogP contribution in [0.15, 0.2) is 30.5 Å². The van der Waals surface area contributed by atoms with Gasteiger partial charge in [0.1, 0.15) is 5.69 Å². The van der Waals surface area contributed by atoms with Crippen LogP contribution in [0.3, 0.4) is 0 Å². The first-order valence-electron chi connectivity index (χ1n) is 11.8. The third-order valence-corrected chi connectivity index (χ3v) is 7.66. The fourth-order valence-corrected chi connectivity index (χ4v) is 5.50. The topological polar surface area (TPSA) is 111 Å². The van der Waals surface area contributed by atoms with Gasteiger partial charge in [0.2, 0.25) is 5.95 Å². The number of anilines is 1. The van der Waals surface area contributed by atoms with Gasteiger partial charge < -0.3 is 20.6 Å². The van der Waals surface area contributed by atoms with Gasteiger partial charge in [-0.2, -0.15) is 0 Å². The second-order valence-electron chi connectivity index (χ2n) is 8.86. The largest absolute Gasteiger partial charge is 0.465 e. The van der Waals surface area contributed by atoms with Crippen molar-refractivity contribution < 1.29 is 14.7 Å². The Morgan fingerprint density at radius 3 is 2.74 bits per heavy atom.